The Hall–Kier alpha value is -1.55. The number of rotatable bonds is 7. The van der Waals surface area contributed by atoms with Crippen molar-refractivity contribution in [3.63, 3.8) is 0 Å². The summed E-state index contributed by atoms with van der Waals surface area (Å²) in [5, 5.41) is 3.19. The van der Waals surface area contributed by atoms with E-state index in [0.29, 0.717) is 12.6 Å². The van der Waals surface area contributed by atoms with Crippen molar-refractivity contribution in [3.05, 3.63) is 35.9 Å². The predicted octanol–water partition coefficient (Wildman–Crippen LogP) is 2.73. The van der Waals surface area contributed by atoms with Gasteiger partial charge in [-0.1, -0.05) is 43.2 Å². The van der Waals surface area contributed by atoms with E-state index in [-0.39, 0.29) is 11.5 Å². The molecule has 0 radical (unpaired) electrons. The summed E-state index contributed by atoms with van der Waals surface area (Å²) < 4.78 is 5.11. The SMILES string of the molecule is COCC(C)NC(N)=NCC1(Cc2ccccc2)CCCC1. The van der Waals surface area contributed by atoms with Crippen LogP contribution in [0.15, 0.2) is 35.3 Å². The standard InChI is InChI=1S/C18H29N3O/c1-15(13-22-2)21-17(19)20-14-18(10-6-7-11-18)12-16-8-4-3-5-9-16/h3-5,8-9,15H,6-7,10-14H2,1-2H3,(H3,19,20,21). The highest BCUT2D eigenvalue weighted by molar-refractivity contribution is 5.78. The molecule has 4 nitrogen and oxygen atoms in total. The van der Waals surface area contributed by atoms with Crippen molar-refractivity contribution >= 4 is 5.96 Å². The Morgan fingerprint density at radius 3 is 2.64 bits per heavy atom. The maximum Gasteiger partial charge on any atom is 0.188 e. The van der Waals surface area contributed by atoms with Crippen molar-refractivity contribution in [1.29, 1.82) is 0 Å². The van der Waals surface area contributed by atoms with Crippen LogP contribution in [0.1, 0.15) is 38.2 Å². The van der Waals surface area contributed by atoms with Crippen molar-refractivity contribution in [2.45, 2.75) is 45.1 Å². The lowest BCUT2D eigenvalue weighted by atomic mass is 9.80. The molecular weight excluding hydrogens is 274 g/mol. The second-order valence-electron chi connectivity index (χ2n) is 6.57. The Kier molecular flexibility index (Phi) is 6.25. The molecular formula is C18H29N3O. The Bertz CT molecular complexity index is 466. The van der Waals surface area contributed by atoms with Crippen molar-refractivity contribution in [2.24, 2.45) is 16.1 Å². The number of benzene rings is 1. The molecule has 0 amide bonds. The molecule has 0 heterocycles. The molecule has 2 rings (SSSR count). The van der Waals surface area contributed by atoms with Crippen LogP contribution in [0.5, 0.6) is 0 Å². The molecule has 0 aromatic heterocycles. The van der Waals surface area contributed by atoms with E-state index in [1.807, 2.05) is 6.92 Å². The van der Waals surface area contributed by atoms with Gasteiger partial charge in [-0.25, -0.2) is 0 Å². The number of methoxy groups -OCH3 is 1. The summed E-state index contributed by atoms with van der Waals surface area (Å²) in [5.41, 5.74) is 7.70. The molecule has 1 fully saturated rings. The number of hydrogen-bond acceptors (Lipinski definition) is 2. The van der Waals surface area contributed by atoms with Crippen LogP contribution in [-0.4, -0.2) is 32.3 Å². The fourth-order valence-electron chi connectivity index (χ4n) is 3.39. The molecule has 0 bridgehead atoms. The molecule has 1 aliphatic carbocycles. The van der Waals surface area contributed by atoms with Gasteiger partial charge in [0, 0.05) is 19.7 Å². The van der Waals surface area contributed by atoms with Crippen molar-refractivity contribution in [2.75, 3.05) is 20.3 Å². The minimum Gasteiger partial charge on any atom is -0.383 e. The van der Waals surface area contributed by atoms with Gasteiger partial charge < -0.3 is 15.8 Å². The van der Waals surface area contributed by atoms with Crippen LogP contribution in [0, 0.1) is 5.41 Å². The summed E-state index contributed by atoms with van der Waals surface area (Å²) in [6, 6.07) is 10.9. The van der Waals surface area contributed by atoms with E-state index in [0.717, 1.165) is 13.0 Å². The second kappa shape index (κ2) is 8.18. The minimum atomic E-state index is 0.183. The topological polar surface area (TPSA) is 59.6 Å². The Labute approximate surface area is 134 Å². The zero-order valence-electron chi connectivity index (χ0n) is 13.8. The molecule has 122 valence electrons. The largest absolute Gasteiger partial charge is 0.383 e. The van der Waals surface area contributed by atoms with E-state index in [9.17, 15) is 0 Å². The molecule has 1 saturated carbocycles. The summed E-state index contributed by atoms with van der Waals surface area (Å²) in [6.45, 7) is 3.48. The molecule has 1 aromatic rings. The first-order chi connectivity index (χ1) is 10.6. The Balaban J connectivity index is 1.96. The quantitative estimate of drug-likeness (QED) is 0.601. The maximum absolute atomic E-state index is 6.02. The predicted molar refractivity (Wildman–Crippen MR) is 92.0 cm³/mol. The molecule has 1 atom stereocenters. The van der Waals surface area contributed by atoms with Gasteiger partial charge in [-0.05, 0) is 37.2 Å². The first-order valence-electron chi connectivity index (χ1n) is 8.23. The average Bonchev–Trinajstić information content (AvgIpc) is 2.95. The summed E-state index contributed by atoms with van der Waals surface area (Å²) in [4.78, 5) is 4.62. The molecule has 1 aromatic carbocycles. The van der Waals surface area contributed by atoms with Crippen LogP contribution in [0.4, 0.5) is 0 Å². The number of nitrogens with zero attached hydrogens (tertiary/aromatic N) is 1. The third-order valence-electron chi connectivity index (χ3n) is 4.48. The van der Waals surface area contributed by atoms with Crippen LogP contribution in [0.3, 0.4) is 0 Å². The third-order valence-corrected chi connectivity index (χ3v) is 4.48. The summed E-state index contributed by atoms with van der Waals surface area (Å²) in [7, 11) is 1.69. The lowest BCUT2D eigenvalue weighted by Crippen LogP contribution is -2.41. The molecule has 1 aliphatic rings. The Morgan fingerprint density at radius 2 is 2.00 bits per heavy atom. The molecule has 0 saturated heterocycles. The fraction of sp³-hybridized carbons (Fsp3) is 0.611. The van der Waals surface area contributed by atoms with Crippen LogP contribution in [-0.2, 0) is 11.2 Å². The number of aliphatic imine (C=N–C) groups is 1. The number of nitrogens with two attached hydrogens (primary N) is 1. The van der Waals surface area contributed by atoms with Crippen LogP contribution in [0.2, 0.25) is 0 Å². The van der Waals surface area contributed by atoms with E-state index in [4.69, 9.17) is 10.5 Å². The highest BCUT2D eigenvalue weighted by atomic mass is 16.5. The van der Waals surface area contributed by atoms with Crippen molar-refractivity contribution in [1.82, 2.24) is 5.32 Å². The van der Waals surface area contributed by atoms with E-state index in [1.165, 1.54) is 31.2 Å². The average molecular weight is 303 g/mol. The fourth-order valence-corrected chi connectivity index (χ4v) is 3.39. The number of guanidine groups is 1. The number of nitrogens with one attached hydrogen (secondary N) is 1. The zero-order valence-corrected chi connectivity index (χ0v) is 13.8. The molecule has 0 spiro atoms. The molecule has 1 unspecified atom stereocenters. The smallest absolute Gasteiger partial charge is 0.188 e. The molecule has 0 aliphatic heterocycles. The first kappa shape index (κ1) is 16.8. The zero-order chi connectivity index (χ0) is 15.8. The van der Waals surface area contributed by atoms with Gasteiger partial charge in [-0.3, -0.25) is 4.99 Å². The second-order valence-corrected chi connectivity index (χ2v) is 6.57. The van der Waals surface area contributed by atoms with E-state index in [1.54, 1.807) is 7.11 Å². The molecule has 22 heavy (non-hydrogen) atoms. The summed E-state index contributed by atoms with van der Waals surface area (Å²) in [5.74, 6) is 0.531. The van der Waals surface area contributed by atoms with Crippen molar-refractivity contribution in [3.8, 4) is 0 Å². The molecule has 3 N–H and O–H groups in total. The van der Waals surface area contributed by atoms with Crippen LogP contribution in [0.25, 0.3) is 0 Å². The van der Waals surface area contributed by atoms with Gasteiger partial charge >= 0.3 is 0 Å². The van der Waals surface area contributed by atoms with Crippen LogP contribution >= 0.6 is 0 Å². The maximum atomic E-state index is 6.02. The summed E-state index contributed by atoms with van der Waals surface area (Å²) >= 11 is 0. The van der Waals surface area contributed by atoms with Gasteiger partial charge in [0.25, 0.3) is 0 Å². The van der Waals surface area contributed by atoms with Crippen molar-refractivity contribution < 1.29 is 4.74 Å². The normalized spacial score (nSPS) is 19.1. The lowest BCUT2D eigenvalue weighted by Gasteiger charge is -2.27. The minimum absolute atomic E-state index is 0.183. The first-order valence-corrected chi connectivity index (χ1v) is 8.23. The van der Waals surface area contributed by atoms with Gasteiger partial charge in [0.05, 0.1) is 6.61 Å². The monoisotopic (exact) mass is 303 g/mol. The van der Waals surface area contributed by atoms with E-state index in [2.05, 4.69) is 40.6 Å². The van der Waals surface area contributed by atoms with E-state index < -0.39 is 0 Å². The number of hydrogen-bond donors (Lipinski definition) is 2. The number of ether oxygens (including phenoxy) is 1. The van der Waals surface area contributed by atoms with Gasteiger partial charge in [-0.15, -0.1) is 0 Å². The van der Waals surface area contributed by atoms with Gasteiger partial charge in [0.15, 0.2) is 5.96 Å². The lowest BCUT2D eigenvalue weighted by molar-refractivity contribution is 0.179. The van der Waals surface area contributed by atoms with Gasteiger partial charge in [-0.2, -0.15) is 0 Å². The third kappa shape index (κ3) is 5.02. The van der Waals surface area contributed by atoms with Crippen LogP contribution < -0.4 is 11.1 Å². The van der Waals surface area contributed by atoms with Gasteiger partial charge in [0.1, 0.15) is 0 Å². The highest BCUT2D eigenvalue weighted by Crippen LogP contribution is 2.41. The van der Waals surface area contributed by atoms with Gasteiger partial charge in [0.2, 0.25) is 0 Å². The highest BCUT2D eigenvalue weighted by Gasteiger charge is 2.33. The van der Waals surface area contributed by atoms with E-state index >= 15 is 0 Å². The molecule has 4 heteroatoms. The summed E-state index contributed by atoms with van der Waals surface area (Å²) in [6.07, 6.45) is 6.18. The Morgan fingerprint density at radius 1 is 1.32 bits per heavy atom.